The van der Waals surface area contributed by atoms with Gasteiger partial charge in [-0.1, -0.05) is 54.2 Å². The maximum atomic E-state index is 11.7. The van der Waals surface area contributed by atoms with Crippen molar-refractivity contribution in [3.63, 3.8) is 0 Å². The minimum absolute atomic E-state index is 0.140. The predicted octanol–water partition coefficient (Wildman–Crippen LogP) is 3.28. The molecule has 0 bridgehead atoms. The van der Waals surface area contributed by atoms with Gasteiger partial charge in [0.1, 0.15) is 5.75 Å². The molecule has 4 nitrogen and oxygen atoms in total. The number of carbonyl (C=O) groups excluding carboxylic acids is 2. The average molecular weight is 357 g/mol. The SMILES string of the molecule is CNC(=O)C(Cc1ccc(OCCCc2ccccc2)cc1)SC=O. The second-order valence-corrected chi connectivity index (χ2v) is 6.65. The molecule has 1 atom stereocenters. The van der Waals surface area contributed by atoms with Crippen molar-refractivity contribution >= 4 is 23.3 Å². The van der Waals surface area contributed by atoms with E-state index in [-0.39, 0.29) is 5.91 Å². The third-order valence-corrected chi connectivity index (χ3v) is 4.64. The zero-order valence-electron chi connectivity index (χ0n) is 14.3. The number of nitrogens with one attached hydrogen (secondary N) is 1. The molecule has 0 saturated heterocycles. The van der Waals surface area contributed by atoms with E-state index in [0.717, 1.165) is 35.9 Å². The highest BCUT2D eigenvalue weighted by Crippen LogP contribution is 2.18. The van der Waals surface area contributed by atoms with Crippen LogP contribution in [0.4, 0.5) is 0 Å². The lowest BCUT2D eigenvalue weighted by Gasteiger charge is -2.12. The molecule has 0 fully saturated rings. The first kappa shape index (κ1) is 19.1. The van der Waals surface area contributed by atoms with E-state index < -0.39 is 5.25 Å². The summed E-state index contributed by atoms with van der Waals surface area (Å²) >= 11 is 0.999. The van der Waals surface area contributed by atoms with E-state index in [1.807, 2.05) is 42.5 Å². The number of carbonyl (C=O) groups is 2. The number of hydrogen-bond donors (Lipinski definition) is 1. The molecule has 5 heteroatoms. The summed E-state index contributed by atoms with van der Waals surface area (Å²) in [5.74, 6) is 0.676. The largest absolute Gasteiger partial charge is 0.494 e. The summed E-state index contributed by atoms with van der Waals surface area (Å²) in [6.45, 7) is 0.663. The van der Waals surface area contributed by atoms with Gasteiger partial charge in [0.25, 0.3) is 0 Å². The Bertz CT molecular complexity index is 658. The molecule has 25 heavy (non-hydrogen) atoms. The Morgan fingerprint density at radius 1 is 1.12 bits per heavy atom. The Morgan fingerprint density at radius 2 is 1.84 bits per heavy atom. The molecule has 0 aliphatic rings. The monoisotopic (exact) mass is 357 g/mol. The molecule has 0 spiro atoms. The number of thioether (sulfide) groups is 1. The van der Waals surface area contributed by atoms with Crippen LogP contribution in [0.5, 0.6) is 5.75 Å². The zero-order valence-corrected chi connectivity index (χ0v) is 15.1. The van der Waals surface area contributed by atoms with E-state index in [2.05, 4.69) is 17.4 Å². The van der Waals surface area contributed by atoms with Crippen LogP contribution in [0, 0.1) is 0 Å². The first-order valence-corrected chi connectivity index (χ1v) is 9.23. The van der Waals surface area contributed by atoms with Crippen LogP contribution in [-0.2, 0) is 22.4 Å². The third kappa shape index (κ3) is 6.63. The van der Waals surface area contributed by atoms with Crippen LogP contribution in [0.25, 0.3) is 0 Å². The Morgan fingerprint density at radius 3 is 2.48 bits per heavy atom. The third-order valence-electron chi connectivity index (χ3n) is 3.82. The first-order chi connectivity index (χ1) is 12.2. The molecule has 1 unspecified atom stereocenters. The van der Waals surface area contributed by atoms with Crippen LogP contribution in [0.3, 0.4) is 0 Å². The van der Waals surface area contributed by atoms with Crippen LogP contribution in [0.15, 0.2) is 54.6 Å². The molecule has 0 heterocycles. The Kier molecular flexibility index (Phi) is 8.05. The van der Waals surface area contributed by atoms with Crippen LogP contribution in [-0.4, -0.2) is 30.4 Å². The van der Waals surface area contributed by atoms with Crippen molar-refractivity contribution < 1.29 is 14.3 Å². The number of ether oxygens (including phenoxy) is 1. The fourth-order valence-corrected chi connectivity index (χ4v) is 3.14. The minimum atomic E-state index is -0.403. The summed E-state index contributed by atoms with van der Waals surface area (Å²) in [6, 6.07) is 18.0. The molecule has 0 radical (unpaired) electrons. The van der Waals surface area contributed by atoms with E-state index in [4.69, 9.17) is 4.74 Å². The topological polar surface area (TPSA) is 55.4 Å². The van der Waals surface area contributed by atoms with Gasteiger partial charge in [-0.15, -0.1) is 0 Å². The molecule has 2 rings (SSSR count). The van der Waals surface area contributed by atoms with E-state index in [1.54, 1.807) is 7.05 Å². The summed E-state index contributed by atoms with van der Waals surface area (Å²) in [6.07, 6.45) is 2.47. The van der Waals surface area contributed by atoms with Gasteiger partial charge in [-0.3, -0.25) is 9.59 Å². The van der Waals surface area contributed by atoms with Crippen molar-refractivity contribution in [1.82, 2.24) is 5.32 Å². The summed E-state index contributed by atoms with van der Waals surface area (Å²) in [5.41, 5.74) is 3.03. The van der Waals surface area contributed by atoms with Crippen LogP contribution < -0.4 is 10.1 Å². The Labute approximate surface area is 153 Å². The van der Waals surface area contributed by atoms with E-state index in [1.165, 1.54) is 5.56 Å². The first-order valence-electron chi connectivity index (χ1n) is 8.29. The summed E-state index contributed by atoms with van der Waals surface area (Å²) in [5, 5.41) is 2.18. The molecule has 0 aromatic heterocycles. The quantitative estimate of drug-likeness (QED) is 0.524. The van der Waals surface area contributed by atoms with Gasteiger partial charge in [0, 0.05) is 7.05 Å². The van der Waals surface area contributed by atoms with E-state index >= 15 is 0 Å². The van der Waals surface area contributed by atoms with Crippen LogP contribution in [0.2, 0.25) is 0 Å². The summed E-state index contributed by atoms with van der Waals surface area (Å²) in [7, 11) is 1.58. The summed E-state index contributed by atoms with van der Waals surface area (Å²) in [4.78, 5) is 22.4. The molecule has 1 amide bonds. The molecule has 2 aromatic carbocycles. The van der Waals surface area contributed by atoms with Crippen LogP contribution >= 0.6 is 11.8 Å². The highest BCUT2D eigenvalue weighted by Gasteiger charge is 2.18. The molecular formula is C20H23NO3S. The van der Waals surface area contributed by atoms with Gasteiger partial charge in [0.05, 0.1) is 11.9 Å². The second-order valence-electron chi connectivity index (χ2n) is 5.62. The van der Waals surface area contributed by atoms with Gasteiger partial charge < -0.3 is 10.1 Å². The fraction of sp³-hybridized carbons (Fsp3) is 0.300. The fourth-order valence-electron chi connectivity index (χ4n) is 2.48. The van der Waals surface area contributed by atoms with Gasteiger partial charge in [-0.2, -0.15) is 0 Å². The summed E-state index contributed by atoms with van der Waals surface area (Å²) < 4.78 is 5.76. The lowest BCUT2D eigenvalue weighted by Crippen LogP contribution is -2.31. The predicted molar refractivity (Wildman–Crippen MR) is 103 cm³/mol. The van der Waals surface area contributed by atoms with Crippen LogP contribution in [0.1, 0.15) is 17.5 Å². The van der Waals surface area contributed by atoms with Gasteiger partial charge in [0.2, 0.25) is 5.91 Å². The highest BCUT2D eigenvalue weighted by molar-refractivity contribution is 8.13. The minimum Gasteiger partial charge on any atom is -0.494 e. The second kappa shape index (κ2) is 10.6. The van der Waals surface area contributed by atoms with Gasteiger partial charge in [0.15, 0.2) is 5.62 Å². The van der Waals surface area contributed by atoms with Crippen molar-refractivity contribution in [3.8, 4) is 5.75 Å². The van der Waals surface area contributed by atoms with E-state index in [9.17, 15) is 9.59 Å². The van der Waals surface area contributed by atoms with Gasteiger partial charge in [-0.05, 0) is 42.5 Å². The Hall–Kier alpha value is -2.27. The molecule has 1 N–H and O–H groups in total. The molecule has 0 aliphatic heterocycles. The average Bonchev–Trinajstić information content (AvgIpc) is 2.66. The lowest BCUT2D eigenvalue weighted by molar-refractivity contribution is -0.120. The standard InChI is InChI=1S/C20H23NO3S/c1-21-20(23)19(25-15-22)14-17-9-11-18(12-10-17)24-13-5-8-16-6-3-2-4-7-16/h2-4,6-7,9-12,15,19H,5,8,13-14H2,1H3,(H,21,23). The molecule has 0 saturated carbocycles. The number of amides is 1. The van der Waals surface area contributed by atoms with E-state index in [0.29, 0.717) is 18.6 Å². The number of benzene rings is 2. The molecule has 132 valence electrons. The maximum absolute atomic E-state index is 11.7. The van der Waals surface area contributed by atoms with Crippen molar-refractivity contribution in [1.29, 1.82) is 0 Å². The highest BCUT2D eigenvalue weighted by atomic mass is 32.2. The molecular weight excluding hydrogens is 334 g/mol. The number of rotatable bonds is 10. The van der Waals surface area contributed by atoms with Crippen molar-refractivity contribution in [2.45, 2.75) is 24.5 Å². The molecule has 0 aliphatic carbocycles. The van der Waals surface area contributed by atoms with Crippen molar-refractivity contribution in [3.05, 3.63) is 65.7 Å². The maximum Gasteiger partial charge on any atom is 0.233 e. The van der Waals surface area contributed by atoms with Crippen molar-refractivity contribution in [2.24, 2.45) is 0 Å². The lowest BCUT2D eigenvalue weighted by atomic mass is 10.1. The number of hydrogen-bond acceptors (Lipinski definition) is 4. The molecule has 2 aromatic rings. The number of aryl methyl sites for hydroxylation is 1. The zero-order chi connectivity index (χ0) is 17.9. The normalized spacial score (nSPS) is 11.6. The smallest absolute Gasteiger partial charge is 0.233 e. The van der Waals surface area contributed by atoms with Gasteiger partial charge in [-0.25, -0.2) is 0 Å². The van der Waals surface area contributed by atoms with Gasteiger partial charge >= 0.3 is 0 Å². The van der Waals surface area contributed by atoms with Crippen molar-refractivity contribution in [2.75, 3.05) is 13.7 Å². The Balaban J connectivity index is 1.78.